The molecule has 35 heavy (non-hydrogen) atoms. The van der Waals surface area contributed by atoms with Crippen molar-refractivity contribution >= 4 is 41.5 Å². The number of guanidine groups is 1. The van der Waals surface area contributed by atoms with E-state index in [2.05, 4.69) is 20.9 Å². The van der Waals surface area contributed by atoms with E-state index in [0.717, 1.165) is 0 Å². The zero-order valence-corrected chi connectivity index (χ0v) is 19.4. The van der Waals surface area contributed by atoms with Crippen LogP contribution in [0.1, 0.15) is 45.4 Å². The number of primary amides is 1. The van der Waals surface area contributed by atoms with Crippen LogP contribution in [0.15, 0.2) is 4.99 Å². The van der Waals surface area contributed by atoms with E-state index in [1.165, 1.54) is 6.92 Å². The van der Waals surface area contributed by atoms with Crippen molar-refractivity contribution in [2.45, 2.75) is 69.6 Å². The first-order valence-electron chi connectivity index (χ1n) is 10.7. The maximum Gasteiger partial charge on any atom is 0.326 e. The first-order chi connectivity index (χ1) is 16.2. The molecule has 0 aromatic carbocycles. The Morgan fingerprint density at radius 2 is 1.40 bits per heavy atom. The summed E-state index contributed by atoms with van der Waals surface area (Å²) in [5.74, 6) is -5.87. The SMILES string of the molecule is CC(NC(=O)C(CCCN=C(N)N)NC(=O)C(N)CCC(N)=O)C(=O)NC(CCC(=O)O)C(=O)O. The van der Waals surface area contributed by atoms with Crippen LogP contribution in [0, 0.1) is 0 Å². The Hall–Kier alpha value is -3.95. The minimum absolute atomic E-state index is 0.0464. The van der Waals surface area contributed by atoms with Gasteiger partial charge in [-0.25, -0.2) is 4.79 Å². The molecule has 0 heterocycles. The van der Waals surface area contributed by atoms with Crippen molar-refractivity contribution in [1.82, 2.24) is 16.0 Å². The van der Waals surface area contributed by atoms with Crippen molar-refractivity contribution in [1.29, 1.82) is 0 Å². The van der Waals surface area contributed by atoms with E-state index in [-0.39, 0.29) is 44.6 Å². The summed E-state index contributed by atoms with van der Waals surface area (Å²) in [4.78, 5) is 74.0. The summed E-state index contributed by atoms with van der Waals surface area (Å²) in [7, 11) is 0. The molecule has 13 N–H and O–H groups in total. The second-order valence-electron chi connectivity index (χ2n) is 7.68. The molecule has 198 valence electrons. The van der Waals surface area contributed by atoms with Crippen molar-refractivity contribution in [3.05, 3.63) is 0 Å². The number of aliphatic carboxylic acids is 2. The monoisotopic (exact) mass is 502 g/mol. The number of aliphatic imine (C=N–C) groups is 1. The molecule has 0 saturated carbocycles. The number of nitrogens with zero attached hydrogens (tertiary/aromatic N) is 1. The highest BCUT2D eigenvalue weighted by molar-refractivity contribution is 5.94. The average Bonchev–Trinajstić information content (AvgIpc) is 2.75. The largest absolute Gasteiger partial charge is 0.481 e. The van der Waals surface area contributed by atoms with E-state index in [9.17, 15) is 28.8 Å². The molecule has 4 unspecified atom stereocenters. The topological polar surface area (TPSA) is 295 Å². The number of nitrogens with two attached hydrogens (primary N) is 4. The zero-order valence-electron chi connectivity index (χ0n) is 19.4. The van der Waals surface area contributed by atoms with Crippen LogP contribution in [0.25, 0.3) is 0 Å². The van der Waals surface area contributed by atoms with E-state index in [1.54, 1.807) is 0 Å². The smallest absolute Gasteiger partial charge is 0.326 e. The lowest BCUT2D eigenvalue weighted by molar-refractivity contribution is -0.143. The molecular weight excluding hydrogens is 468 g/mol. The maximum absolute atomic E-state index is 12.7. The van der Waals surface area contributed by atoms with Gasteiger partial charge >= 0.3 is 11.9 Å². The van der Waals surface area contributed by atoms with E-state index < -0.39 is 66.2 Å². The quantitative estimate of drug-likeness (QED) is 0.0525. The normalized spacial score (nSPS) is 13.9. The Kier molecular flexibility index (Phi) is 14.0. The Labute approximate surface area is 201 Å². The molecule has 0 radical (unpaired) electrons. The lowest BCUT2D eigenvalue weighted by Crippen LogP contribution is -2.56. The Bertz CT molecular complexity index is 815. The first kappa shape index (κ1) is 31.0. The molecule has 4 atom stereocenters. The van der Waals surface area contributed by atoms with Gasteiger partial charge in [-0.1, -0.05) is 0 Å². The van der Waals surface area contributed by atoms with Gasteiger partial charge in [0.1, 0.15) is 18.1 Å². The number of carboxylic acid groups (broad SMARTS) is 2. The number of hydrogen-bond donors (Lipinski definition) is 9. The molecule has 0 fully saturated rings. The molecule has 0 saturated heterocycles. The van der Waals surface area contributed by atoms with Gasteiger partial charge in [-0.15, -0.1) is 0 Å². The van der Waals surface area contributed by atoms with E-state index in [4.69, 9.17) is 33.1 Å². The van der Waals surface area contributed by atoms with Gasteiger partial charge in [0.05, 0.1) is 6.04 Å². The van der Waals surface area contributed by atoms with Gasteiger partial charge < -0.3 is 49.1 Å². The van der Waals surface area contributed by atoms with Crippen LogP contribution in [-0.2, 0) is 28.8 Å². The van der Waals surface area contributed by atoms with Crippen LogP contribution < -0.4 is 38.9 Å². The fraction of sp³-hybridized carbons (Fsp3) is 0.632. The van der Waals surface area contributed by atoms with Crippen molar-refractivity contribution < 1.29 is 39.0 Å². The van der Waals surface area contributed by atoms with Crippen LogP contribution in [0.4, 0.5) is 0 Å². The van der Waals surface area contributed by atoms with Crippen LogP contribution in [0.2, 0.25) is 0 Å². The predicted octanol–water partition coefficient (Wildman–Crippen LogP) is -3.94. The number of carboxylic acids is 2. The van der Waals surface area contributed by atoms with Gasteiger partial charge in [0.15, 0.2) is 5.96 Å². The third-order valence-corrected chi connectivity index (χ3v) is 4.63. The fourth-order valence-corrected chi connectivity index (χ4v) is 2.68. The highest BCUT2D eigenvalue weighted by Gasteiger charge is 2.28. The lowest BCUT2D eigenvalue weighted by Gasteiger charge is -2.23. The van der Waals surface area contributed by atoms with Crippen LogP contribution >= 0.6 is 0 Å². The van der Waals surface area contributed by atoms with Gasteiger partial charge in [0.2, 0.25) is 23.6 Å². The maximum atomic E-state index is 12.7. The predicted molar refractivity (Wildman–Crippen MR) is 122 cm³/mol. The summed E-state index contributed by atoms with van der Waals surface area (Å²) in [6.07, 6.45) is -0.706. The summed E-state index contributed by atoms with van der Waals surface area (Å²) in [6.45, 7) is 1.43. The highest BCUT2D eigenvalue weighted by atomic mass is 16.4. The number of carbonyl (C=O) groups excluding carboxylic acids is 4. The molecule has 0 bridgehead atoms. The van der Waals surface area contributed by atoms with Gasteiger partial charge in [-0.05, 0) is 32.6 Å². The van der Waals surface area contributed by atoms with E-state index >= 15 is 0 Å². The van der Waals surface area contributed by atoms with Crippen molar-refractivity contribution in [3.8, 4) is 0 Å². The summed E-state index contributed by atoms with van der Waals surface area (Å²) in [5, 5.41) is 24.8. The summed E-state index contributed by atoms with van der Waals surface area (Å²) >= 11 is 0. The first-order valence-corrected chi connectivity index (χ1v) is 10.7. The Morgan fingerprint density at radius 1 is 0.800 bits per heavy atom. The Morgan fingerprint density at radius 3 is 1.91 bits per heavy atom. The molecule has 16 heteroatoms. The molecule has 0 spiro atoms. The van der Waals surface area contributed by atoms with Gasteiger partial charge in [-0.3, -0.25) is 29.0 Å². The standard InChI is InChI=1S/C19H34N8O8/c1-9(15(31)27-12(18(34)35)5-7-14(29)30)25-17(33)11(3-2-8-24-19(22)23)26-16(32)10(20)4-6-13(21)28/h9-12H,2-8,20H2,1H3,(H2,21,28)(H,25,33)(H,26,32)(H,27,31)(H,29,30)(H,34,35)(H4,22,23,24). The third kappa shape index (κ3) is 14.0. The second kappa shape index (κ2) is 15.8. The van der Waals surface area contributed by atoms with Crippen LogP contribution in [0.5, 0.6) is 0 Å². The van der Waals surface area contributed by atoms with Crippen LogP contribution in [0.3, 0.4) is 0 Å². The van der Waals surface area contributed by atoms with Crippen molar-refractivity contribution in [3.63, 3.8) is 0 Å². The number of nitrogens with one attached hydrogen (secondary N) is 3. The number of rotatable bonds is 17. The van der Waals surface area contributed by atoms with Crippen molar-refractivity contribution in [2.75, 3.05) is 6.54 Å². The number of carbonyl (C=O) groups is 6. The Balaban J connectivity index is 5.21. The van der Waals surface area contributed by atoms with Crippen LogP contribution in [-0.4, -0.2) is 82.5 Å². The third-order valence-electron chi connectivity index (χ3n) is 4.63. The minimum Gasteiger partial charge on any atom is -0.481 e. The summed E-state index contributed by atoms with van der Waals surface area (Å²) in [5.41, 5.74) is 21.3. The molecule has 0 rings (SSSR count). The molecule has 0 aliphatic heterocycles. The van der Waals surface area contributed by atoms with Gasteiger partial charge in [0, 0.05) is 19.4 Å². The molecule has 0 aromatic heterocycles. The summed E-state index contributed by atoms with van der Waals surface area (Å²) < 4.78 is 0. The van der Waals surface area contributed by atoms with Crippen molar-refractivity contribution in [2.24, 2.45) is 27.9 Å². The minimum atomic E-state index is -1.48. The zero-order chi connectivity index (χ0) is 27.1. The lowest BCUT2D eigenvalue weighted by atomic mass is 10.1. The number of hydrogen-bond acceptors (Lipinski definition) is 8. The molecule has 0 aromatic rings. The molecule has 0 aliphatic carbocycles. The second-order valence-corrected chi connectivity index (χ2v) is 7.68. The highest BCUT2D eigenvalue weighted by Crippen LogP contribution is 2.03. The average molecular weight is 503 g/mol. The van der Waals surface area contributed by atoms with Gasteiger partial charge in [0.25, 0.3) is 0 Å². The van der Waals surface area contributed by atoms with E-state index in [0.29, 0.717) is 0 Å². The number of amides is 4. The van der Waals surface area contributed by atoms with E-state index in [1.807, 2.05) is 0 Å². The molecular formula is C19H34N8O8. The molecule has 0 aliphatic rings. The fourth-order valence-electron chi connectivity index (χ4n) is 2.68. The summed E-state index contributed by atoms with van der Waals surface area (Å²) in [6, 6.07) is -4.98. The molecule has 16 nitrogen and oxygen atoms in total. The molecule has 4 amide bonds. The van der Waals surface area contributed by atoms with Gasteiger partial charge in [-0.2, -0.15) is 0 Å².